The molecular weight excluding hydrogens is 282 g/mol. The third kappa shape index (κ3) is 4.21. The molecule has 1 unspecified atom stereocenters. The number of carbonyl (C=O) groups is 2. The molecule has 1 atom stereocenters. The van der Waals surface area contributed by atoms with Crippen molar-refractivity contribution < 1.29 is 14.3 Å². The molecule has 2 N–H and O–H groups in total. The summed E-state index contributed by atoms with van der Waals surface area (Å²) in [4.78, 5) is 27.3. The zero-order valence-electron chi connectivity index (χ0n) is 12.9. The van der Waals surface area contributed by atoms with E-state index in [1.54, 1.807) is 16.7 Å². The molecule has 120 valence electrons. The van der Waals surface area contributed by atoms with Gasteiger partial charge in [0, 0.05) is 26.2 Å². The van der Waals surface area contributed by atoms with Crippen LogP contribution in [0.4, 0.5) is 4.79 Å². The number of carbonyl (C=O) groups excluding carboxylic acids is 2. The Morgan fingerprint density at radius 1 is 1.14 bits per heavy atom. The number of nitrogens with zero attached hydrogens (tertiary/aromatic N) is 2. The number of rotatable bonds is 4. The molecule has 0 bridgehead atoms. The van der Waals surface area contributed by atoms with Crippen LogP contribution in [-0.2, 0) is 16.0 Å². The summed E-state index contributed by atoms with van der Waals surface area (Å²) in [5.74, 6) is -0.0626. The summed E-state index contributed by atoms with van der Waals surface area (Å²) in [7, 11) is 0. The van der Waals surface area contributed by atoms with Crippen molar-refractivity contribution in [3.63, 3.8) is 0 Å². The number of nitrogens with two attached hydrogens (primary N) is 1. The van der Waals surface area contributed by atoms with E-state index in [0.29, 0.717) is 39.2 Å². The molecule has 1 aromatic rings. The van der Waals surface area contributed by atoms with Crippen molar-refractivity contribution in [3.8, 4) is 0 Å². The molecule has 1 heterocycles. The van der Waals surface area contributed by atoms with Gasteiger partial charge in [-0.25, -0.2) is 4.79 Å². The molecule has 0 aromatic heterocycles. The maximum absolute atomic E-state index is 12.4. The topological polar surface area (TPSA) is 75.9 Å². The second-order valence-corrected chi connectivity index (χ2v) is 5.31. The van der Waals surface area contributed by atoms with Gasteiger partial charge in [-0.15, -0.1) is 0 Å². The van der Waals surface area contributed by atoms with E-state index >= 15 is 0 Å². The highest BCUT2D eigenvalue weighted by molar-refractivity contribution is 5.82. The minimum atomic E-state index is -0.545. The van der Waals surface area contributed by atoms with Crippen LogP contribution in [0, 0.1) is 0 Å². The fraction of sp³-hybridized carbons (Fsp3) is 0.500. The van der Waals surface area contributed by atoms with Crippen molar-refractivity contribution in [1.82, 2.24) is 9.80 Å². The molecule has 1 aliphatic rings. The van der Waals surface area contributed by atoms with Gasteiger partial charge in [0.25, 0.3) is 0 Å². The Morgan fingerprint density at radius 3 is 2.32 bits per heavy atom. The number of hydrogen-bond acceptors (Lipinski definition) is 4. The van der Waals surface area contributed by atoms with Crippen LogP contribution in [0.1, 0.15) is 12.5 Å². The van der Waals surface area contributed by atoms with Gasteiger partial charge in [-0.3, -0.25) is 4.79 Å². The van der Waals surface area contributed by atoms with Gasteiger partial charge in [0.05, 0.1) is 12.6 Å². The standard InChI is InChI=1S/C16H23N3O3/c1-2-22-16(21)19-10-8-18(9-11-19)15(20)14(17)12-13-6-4-3-5-7-13/h3-7,14H,2,8-12,17H2,1H3. The minimum absolute atomic E-state index is 0.0626. The normalized spacial score (nSPS) is 16.3. The molecule has 1 fully saturated rings. The Morgan fingerprint density at radius 2 is 1.73 bits per heavy atom. The molecule has 1 aliphatic heterocycles. The van der Waals surface area contributed by atoms with Gasteiger partial charge in [0.1, 0.15) is 0 Å². The lowest BCUT2D eigenvalue weighted by Crippen LogP contribution is -2.54. The number of hydrogen-bond donors (Lipinski definition) is 1. The lowest BCUT2D eigenvalue weighted by atomic mass is 10.1. The highest BCUT2D eigenvalue weighted by atomic mass is 16.6. The van der Waals surface area contributed by atoms with E-state index in [0.717, 1.165) is 5.56 Å². The summed E-state index contributed by atoms with van der Waals surface area (Å²) < 4.78 is 4.96. The predicted molar refractivity (Wildman–Crippen MR) is 83.3 cm³/mol. The summed E-state index contributed by atoms with van der Waals surface area (Å²) in [5.41, 5.74) is 7.08. The highest BCUT2D eigenvalue weighted by Gasteiger charge is 2.27. The van der Waals surface area contributed by atoms with Crippen molar-refractivity contribution in [2.24, 2.45) is 5.73 Å². The molecule has 2 rings (SSSR count). The lowest BCUT2D eigenvalue weighted by Gasteiger charge is -2.35. The van der Waals surface area contributed by atoms with E-state index in [1.165, 1.54) is 0 Å². The van der Waals surface area contributed by atoms with E-state index < -0.39 is 6.04 Å². The van der Waals surface area contributed by atoms with E-state index in [9.17, 15) is 9.59 Å². The first-order chi connectivity index (χ1) is 10.6. The third-order valence-electron chi connectivity index (χ3n) is 3.73. The number of ether oxygens (including phenoxy) is 1. The van der Waals surface area contributed by atoms with Crippen LogP contribution in [0.2, 0.25) is 0 Å². The Kier molecular flexibility index (Phi) is 5.77. The molecule has 1 aromatic carbocycles. The first-order valence-corrected chi connectivity index (χ1v) is 7.61. The van der Waals surface area contributed by atoms with Gasteiger partial charge in [0.15, 0.2) is 0 Å². The molecule has 22 heavy (non-hydrogen) atoms. The third-order valence-corrected chi connectivity index (χ3v) is 3.73. The fourth-order valence-corrected chi connectivity index (χ4v) is 2.51. The van der Waals surface area contributed by atoms with Gasteiger partial charge in [-0.2, -0.15) is 0 Å². The van der Waals surface area contributed by atoms with Gasteiger partial charge in [0.2, 0.25) is 5.91 Å². The molecular formula is C16H23N3O3. The molecule has 6 heteroatoms. The van der Waals surface area contributed by atoms with Crippen molar-refractivity contribution in [2.75, 3.05) is 32.8 Å². The van der Waals surface area contributed by atoms with Crippen LogP contribution < -0.4 is 5.73 Å². The largest absolute Gasteiger partial charge is 0.450 e. The van der Waals surface area contributed by atoms with Crippen LogP contribution >= 0.6 is 0 Å². The Balaban J connectivity index is 1.83. The Bertz CT molecular complexity index is 499. The SMILES string of the molecule is CCOC(=O)N1CCN(C(=O)C(N)Cc2ccccc2)CC1. The smallest absolute Gasteiger partial charge is 0.409 e. The molecule has 6 nitrogen and oxygen atoms in total. The second kappa shape index (κ2) is 7.79. The summed E-state index contributed by atoms with van der Waals surface area (Å²) in [6.07, 6.45) is 0.209. The van der Waals surface area contributed by atoms with E-state index in [4.69, 9.17) is 10.5 Å². The lowest BCUT2D eigenvalue weighted by molar-refractivity contribution is -0.134. The molecule has 0 radical (unpaired) electrons. The molecule has 0 saturated carbocycles. The fourth-order valence-electron chi connectivity index (χ4n) is 2.51. The molecule has 0 spiro atoms. The van der Waals surface area contributed by atoms with Gasteiger partial charge in [-0.05, 0) is 18.9 Å². The number of amides is 2. The quantitative estimate of drug-likeness (QED) is 0.895. The zero-order valence-corrected chi connectivity index (χ0v) is 12.9. The van der Waals surface area contributed by atoms with Crippen LogP contribution in [0.3, 0.4) is 0 Å². The van der Waals surface area contributed by atoms with Crippen molar-refractivity contribution in [3.05, 3.63) is 35.9 Å². The van der Waals surface area contributed by atoms with Crippen LogP contribution in [0.25, 0.3) is 0 Å². The molecule has 0 aliphatic carbocycles. The maximum atomic E-state index is 12.4. The molecule has 1 saturated heterocycles. The van der Waals surface area contributed by atoms with Gasteiger partial charge in [-0.1, -0.05) is 30.3 Å². The summed E-state index contributed by atoms with van der Waals surface area (Å²) in [6.45, 7) is 4.12. The second-order valence-electron chi connectivity index (χ2n) is 5.31. The summed E-state index contributed by atoms with van der Waals surface area (Å²) >= 11 is 0. The zero-order chi connectivity index (χ0) is 15.9. The van der Waals surface area contributed by atoms with Crippen molar-refractivity contribution in [2.45, 2.75) is 19.4 Å². The first kappa shape index (κ1) is 16.3. The monoisotopic (exact) mass is 305 g/mol. The number of benzene rings is 1. The summed E-state index contributed by atoms with van der Waals surface area (Å²) in [6, 6.07) is 9.19. The van der Waals surface area contributed by atoms with Crippen molar-refractivity contribution in [1.29, 1.82) is 0 Å². The van der Waals surface area contributed by atoms with Gasteiger partial charge >= 0.3 is 6.09 Å². The van der Waals surface area contributed by atoms with Gasteiger partial charge < -0.3 is 20.3 Å². The van der Waals surface area contributed by atoms with E-state index in [1.807, 2.05) is 30.3 Å². The average Bonchev–Trinajstić information content (AvgIpc) is 2.55. The highest BCUT2D eigenvalue weighted by Crippen LogP contribution is 2.08. The molecule has 2 amide bonds. The minimum Gasteiger partial charge on any atom is -0.450 e. The summed E-state index contributed by atoms with van der Waals surface area (Å²) in [5, 5.41) is 0. The first-order valence-electron chi connectivity index (χ1n) is 7.61. The Labute approximate surface area is 130 Å². The predicted octanol–water partition coefficient (Wildman–Crippen LogP) is 0.857. The van der Waals surface area contributed by atoms with Crippen LogP contribution in [0.5, 0.6) is 0 Å². The maximum Gasteiger partial charge on any atom is 0.409 e. The van der Waals surface area contributed by atoms with E-state index in [2.05, 4.69) is 0 Å². The number of piperazine rings is 1. The van der Waals surface area contributed by atoms with Crippen LogP contribution in [0.15, 0.2) is 30.3 Å². The Hall–Kier alpha value is -2.08. The van der Waals surface area contributed by atoms with E-state index in [-0.39, 0.29) is 12.0 Å². The van der Waals surface area contributed by atoms with Crippen molar-refractivity contribution >= 4 is 12.0 Å². The average molecular weight is 305 g/mol. The van der Waals surface area contributed by atoms with Crippen LogP contribution in [-0.4, -0.2) is 60.6 Å².